The lowest BCUT2D eigenvalue weighted by Crippen LogP contribution is -2.35. The van der Waals surface area contributed by atoms with Gasteiger partial charge in [0, 0.05) is 26.1 Å². The van der Waals surface area contributed by atoms with E-state index in [2.05, 4.69) is 12.1 Å². The first-order chi connectivity index (χ1) is 10.3. The summed E-state index contributed by atoms with van der Waals surface area (Å²) in [6.45, 7) is 1.86. The number of nitrogens with two attached hydrogens (primary N) is 1. The molecule has 1 aromatic rings. The van der Waals surface area contributed by atoms with Crippen LogP contribution in [0, 0.1) is 5.92 Å². The summed E-state index contributed by atoms with van der Waals surface area (Å²) in [6.07, 6.45) is 8.40. The normalized spacial score (nSPS) is 15.1. The molecule has 4 heteroatoms. The fraction of sp³-hybridized carbons (Fsp3) is 0.611. The Labute approximate surface area is 140 Å². The van der Waals surface area contributed by atoms with E-state index in [9.17, 15) is 4.79 Å². The van der Waals surface area contributed by atoms with E-state index in [1.807, 2.05) is 23.1 Å². The van der Waals surface area contributed by atoms with Crippen LogP contribution in [0.2, 0.25) is 0 Å². The van der Waals surface area contributed by atoms with E-state index in [-0.39, 0.29) is 18.3 Å². The fourth-order valence-electron chi connectivity index (χ4n) is 3.21. The second kappa shape index (κ2) is 10.6. The molecule has 0 atom stereocenters. The van der Waals surface area contributed by atoms with Gasteiger partial charge in [0.2, 0.25) is 5.91 Å². The number of benzene rings is 1. The molecule has 0 aliphatic heterocycles. The van der Waals surface area contributed by atoms with Crippen molar-refractivity contribution in [1.29, 1.82) is 0 Å². The van der Waals surface area contributed by atoms with Crippen LogP contribution >= 0.6 is 12.4 Å². The van der Waals surface area contributed by atoms with Crippen LogP contribution in [0.3, 0.4) is 0 Å². The molecule has 1 aliphatic carbocycles. The minimum Gasteiger partial charge on any atom is -0.337 e. The van der Waals surface area contributed by atoms with Gasteiger partial charge in [0.25, 0.3) is 0 Å². The smallest absolute Gasteiger partial charge is 0.222 e. The van der Waals surface area contributed by atoms with Crippen LogP contribution in [-0.4, -0.2) is 23.9 Å². The number of amides is 1. The lowest BCUT2D eigenvalue weighted by Gasteiger charge is -2.25. The maximum Gasteiger partial charge on any atom is 0.222 e. The quantitative estimate of drug-likeness (QED) is 0.830. The predicted molar refractivity (Wildman–Crippen MR) is 94.0 cm³/mol. The average molecular weight is 325 g/mol. The molecule has 1 saturated carbocycles. The number of halogens is 1. The van der Waals surface area contributed by atoms with Crippen LogP contribution in [0.25, 0.3) is 0 Å². The van der Waals surface area contributed by atoms with Gasteiger partial charge in [-0.25, -0.2) is 0 Å². The summed E-state index contributed by atoms with van der Waals surface area (Å²) in [6, 6.07) is 10.2. The second-order valence-corrected chi connectivity index (χ2v) is 6.13. The third kappa shape index (κ3) is 6.37. The molecule has 22 heavy (non-hydrogen) atoms. The topological polar surface area (TPSA) is 46.3 Å². The number of carbonyl (C=O) groups is 1. The Morgan fingerprint density at radius 2 is 1.82 bits per heavy atom. The number of hydrogen-bond donors (Lipinski definition) is 1. The van der Waals surface area contributed by atoms with Crippen LogP contribution in [0.4, 0.5) is 0 Å². The molecule has 1 aromatic carbocycles. The Bertz CT molecular complexity index is 418. The molecule has 0 unspecified atom stereocenters. The van der Waals surface area contributed by atoms with Crippen molar-refractivity contribution in [1.82, 2.24) is 4.90 Å². The number of hydrogen-bond acceptors (Lipinski definition) is 2. The Balaban J connectivity index is 0.00000242. The van der Waals surface area contributed by atoms with Gasteiger partial charge in [0.05, 0.1) is 0 Å². The van der Waals surface area contributed by atoms with Crippen molar-refractivity contribution in [3.05, 3.63) is 35.9 Å². The number of rotatable bonds is 7. The van der Waals surface area contributed by atoms with Crippen LogP contribution < -0.4 is 5.73 Å². The zero-order valence-corrected chi connectivity index (χ0v) is 14.2. The molecule has 124 valence electrons. The van der Waals surface area contributed by atoms with E-state index >= 15 is 0 Å². The van der Waals surface area contributed by atoms with Crippen molar-refractivity contribution in [3.63, 3.8) is 0 Å². The van der Waals surface area contributed by atoms with Crippen LogP contribution in [0.5, 0.6) is 0 Å². The monoisotopic (exact) mass is 324 g/mol. The summed E-state index contributed by atoms with van der Waals surface area (Å²) >= 11 is 0. The summed E-state index contributed by atoms with van der Waals surface area (Å²) in [4.78, 5) is 14.4. The first-order valence-electron chi connectivity index (χ1n) is 8.31. The largest absolute Gasteiger partial charge is 0.337 e. The van der Waals surface area contributed by atoms with E-state index in [1.165, 1.54) is 37.7 Å². The molecule has 0 bridgehead atoms. The van der Waals surface area contributed by atoms with Crippen molar-refractivity contribution < 1.29 is 4.79 Å². The zero-order valence-electron chi connectivity index (χ0n) is 13.4. The molecule has 2 rings (SSSR count). The highest BCUT2D eigenvalue weighted by atomic mass is 35.5. The van der Waals surface area contributed by atoms with Gasteiger partial charge in [-0.2, -0.15) is 0 Å². The minimum atomic E-state index is 0. The molecular weight excluding hydrogens is 296 g/mol. The first kappa shape index (κ1) is 19.0. The SMILES string of the molecule is Cl.NCCN(Cc1ccccc1)C(=O)CCC1CCCCC1. The summed E-state index contributed by atoms with van der Waals surface area (Å²) in [5, 5.41) is 0. The zero-order chi connectivity index (χ0) is 14.9. The lowest BCUT2D eigenvalue weighted by molar-refractivity contribution is -0.132. The molecule has 0 saturated heterocycles. The van der Waals surface area contributed by atoms with Crippen molar-refractivity contribution >= 4 is 18.3 Å². The van der Waals surface area contributed by atoms with Gasteiger partial charge in [-0.1, -0.05) is 62.4 Å². The molecule has 0 aromatic heterocycles. The van der Waals surface area contributed by atoms with E-state index < -0.39 is 0 Å². The van der Waals surface area contributed by atoms with Gasteiger partial charge in [-0.15, -0.1) is 12.4 Å². The molecule has 0 spiro atoms. The molecule has 3 nitrogen and oxygen atoms in total. The Morgan fingerprint density at radius 3 is 2.45 bits per heavy atom. The lowest BCUT2D eigenvalue weighted by atomic mass is 9.86. The Morgan fingerprint density at radius 1 is 1.14 bits per heavy atom. The van der Waals surface area contributed by atoms with E-state index in [4.69, 9.17) is 5.73 Å². The highest BCUT2D eigenvalue weighted by Gasteiger charge is 2.18. The van der Waals surface area contributed by atoms with Gasteiger partial charge >= 0.3 is 0 Å². The first-order valence-corrected chi connectivity index (χ1v) is 8.31. The molecule has 0 heterocycles. The molecule has 1 fully saturated rings. The standard InChI is InChI=1S/C18H28N2O.ClH/c19-13-14-20(15-17-9-5-2-6-10-17)18(21)12-11-16-7-3-1-4-8-16;/h2,5-6,9-10,16H,1,3-4,7-8,11-15,19H2;1H. The maximum atomic E-state index is 12.5. The molecule has 1 amide bonds. The summed E-state index contributed by atoms with van der Waals surface area (Å²) < 4.78 is 0. The predicted octanol–water partition coefficient (Wildman–Crippen LogP) is 3.76. The van der Waals surface area contributed by atoms with Gasteiger partial charge in [-0.3, -0.25) is 4.79 Å². The number of nitrogens with zero attached hydrogens (tertiary/aromatic N) is 1. The molecule has 0 radical (unpaired) electrons. The molecular formula is C18H29ClN2O. The van der Waals surface area contributed by atoms with E-state index in [1.54, 1.807) is 0 Å². The van der Waals surface area contributed by atoms with Crippen LogP contribution in [-0.2, 0) is 11.3 Å². The third-order valence-electron chi connectivity index (χ3n) is 4.46. The second-order valence-electron chi connectivity index (χ2n) is 6.13. The van der Waals surface area contributed by atoms with Crippen molar-refractivity contribution in [2.75, 3.05) is 13.1 Å². The molecule has 2 N–H and O–H groups in total. The van der Waals surface area contributed by atoms with Crippen LogP contribution in [0.1, 0.15) is 50.5 Å². The van der Waals surface area contributed by atoms with Crippen molar-refractivity contribution in [2.24, 2.45) is 11.7 Å². The Hall–Kier alpha value is -1.06. The van der Waals surface area contributed by atoms with Gasteiger partial charge in [0.1, 0.15) is 0 Å². The fourth-order valence-corrected chi connectivity index (χ4v) is 3.21. The van der Waals surface area contributed by atoms with Gasteiger partial charge < -0.3 is 10.6 Å². The highest BCUT2D eigenvalue weighted by Crippen LogP contribution is 2.27. The summed E-state index contributed by atoms with van der Waals surface area (Å²) in [5.41, 5.74) is 6.84. The van der Waals surface area contributed by atoms with Crippen molar-refractivity contribution in [2.45, 2.75) is 51.5 Å². The van der Waals surface area contributed by atoms with Crippen molar-refractivity contribution in [3.8, 4) is 0 Å². The summed E-state index contributed by atoms with van der Waals surface area (Å²) in [5.74, 6) is 1.02. The van der Waals surface area contributed by atoms with Gasteiger partial charge in [-0.05, 0) is 17.9 Å². The third-order valence-corrected chi connectivity index (χ3v) is 4.46. The van der Waals surface area contributed by atoms with Gasteiger partial charge in [0.15, 0.2) is 0 Å². The highest BCUT2D eigenvalue weighted by molar-refractivity contribution is 5.85. The van der Waals surface area contributed by atoms with Crippen LogP contribution in [0.15, 0.2) is 30.3 Å². The average Bonchev–Trinajstić information content (AvgIpc) is 2.54. The molecule has 1 aliphatic rings. The van der Waals surface area contributed by atoms with E-state index in [0.717, 1.165) is 12.3 Å². The number of carbonyl (C=O) groups excluding carboxylic acids is 1. The van der Waals surface area contributed by atoms with E-state index in [0.29, 0.717) is 26.1 Å². The summed E-state index contributed by atoms with van der Waals surface area (Å²) in [7, 11) is 0. The Kier molecular flexibility index (Phi) is 9.17. The minimum absolute atomic E-state index is 0. The maximum absolute atomic E-state index is 12.5.